The number of esters is 1. The maximum absolute atomic E-state index is 11.7. The molecule has 1 aromatic carbocycles. The van der Waals surface area contributed by atoms with Crippen molar-refractivity contribution in [3.63, 3.8) is 0 Å². The number of benzene rings is 1. The molecule has 0 aliphatic rings. The largest absolute Gasteiger partial charge is 0.465 e. The second-order valence-electron chi connectivity index (χ2n) is 5.26. The number of likely N-dealkylation sites (N-methyl/N-ethyl adjacent to an activating group) is 1. The number of aliphatic hydroxyl groups is 1. The highest BCUT2D eigenvalue weighted by atomic mass is 16.5. The Hall–Kier alpha value is -1.39. The lowest BCUT2D eigenvalue weighted by Crippen LogP contribution is -2.38. The van der Waals surface area contributed by atoms with E-state index in [1.165, 1.54) is 7.11 Å². The standard InChI is InChI=1S/C15H23NO3/c1-5-16(11-15(2,3)18)10-12-8-6-7-9-13(12)14(17)19-4/h6-9,18H,5,10-11H2,1-4H3. The molecule has 0 amide bonds. The zero-order chi connectivity index (χ0) is 14.5. The first-order valence-electron chi connectivity index (χ1n) is 6.48. The molecule has 1 aromatic rings. The van der Waals surface area contributed by atoms with E-state index in [4.69, 9.17) is 4.74 Å². The van der Waals surface area contributed by atoms with E-state index in [0.29, 0.717) is 18.7 Å². The van der Waals surface area contributed by atoms with Crippen molar-refractivity contribution in [1.82, 2.24) is 4.90 Å². The zero-order valence-electron chi connectivity index (χ0n) is 12.1. The van der Waals surface area contributed by atoms with Crippen molar-refractivity contribution < 1.29 is 14.6 Å². The predicted molar refractivity (Wildman–Crippen MR) is 75.0 cm³/mol. The van der Waals surface area contributed by atoms with E-state index >= 15 is 0 Å². The fourth-order valence-electron chi connectivity index (χ4n) is 2.03. The fraction of sp³-hybridized carbons (Fsp3) is 0.533. The van der Waals surface area contributed by atoms with Crippen LogP contribution in [0, 0.1) is 0 Å². The van der Waals surface area contributed by atoms with E-state index in [1.54, 1.807) is 19.9 Å². The molecule has 0 heterocycles. The Morgan fingerprint density at radius 1 is 1.37 bits per heavy atom. The van der Waals surface area contributed by atoms with Crippen LogP contribution in [0.25, 0.3) is 0 Å². The van der Waals surface area contributed by atoms with Crippen LogP contribution >= 0.6 is 0 Å². The first-order chi connectivity index (χ1) is 8.87. The molecule has 0 bridgehead atoms. The highest BCUT2D eigenvalue weighted by Gasteiger charge is 2.19. The molecule has 0 fully saturated rings. The van der Waals surface area contributed by atoms with Crippen molar-refractivity contribution in [1.29, 1.82) is 0 Å². The lowest BCUT2D eigenvalue weighted by Gasteiger charge is -2.28. The highest BCUT2D eigenvalue weighted by Crippen LogP contribution is 2.15. The monoisotopic (exact) mass is 265 g/mol. The van der Waals surface area contributed by atoms with Crippen LogP contribution in [0.15, 0.2) is 24.3 Å². The minimum absolute atomic E-state index is 0.324. The Labute approximate surface area is 115 Å². The minimum atomic E-state index is -0.754. The van der Waals surface area contributed by atoms with Crippen molar-refractivity contribution in [2.75, 3.05) is 20.2 Å². The summed E-state index contributed by atoms with van der Waals surface area (Å²) in [5, 5.41) is 9.89. The van der Waals surface area contributed by atoms with Crippen LogP contribution in [0.1, 0.15) is 36.7 Å². The van der Waals surface area contributed by atoms with Crippen LogP contribution in [0.5, 0.6) is 0 Å². The van der Waals surface area contributed by atoms with Gasteiger partial charge in [-0.1, -0.05) is 25.1 Å². The molecule has 0 unspecified atom stereocenters. The van der Waals surface area contributed by atoms with E-state index in [9.17, 15) is 9.90 Å². The van der Waals surface area contributed by atoms with Gasteiger partial charge in [0.15, 0.2) is 0 Å². The molecule has 0 aromatic heterocycles. The highest BCUT2D eigenvalue weighted by molar-refractivity contribution is 5.90. The molecule has 19 heavy (non-hydrogen) atoms. The maximum Gasteiger partial charge on any atom is 0.338 e. The maximum atomic E-state index is 11.7. The smallest absolute Gasteiger partial charge is 0.338 e. The SMILES string of the molecule is CCN(Cc1ccccc1C(=O)OC)CC(C)(C)O. The van der Waals surface area contributed by atoms with Crippen molar-refractivity contribution in [2.24, 2.45) is 0 Å². The molecule has 4 nitrogen and oxygen atoms in total. The molecule has 0 saturated carbocycles. The number of methoxy groups -OCH3 is 1. The van der Waals surface area contributed by atoms with E-state index in [1.807, 2.05) is 25.1 Å². The van der Waals surface area contributed by atoms with Crippen LogP contribution in [-0.2, 0) is 11.3 Å². The third-order valence-corrected chi connectivity index (χ3v) is 2.87. The fourth-order valence-corrected chi connectivity index (χ4v) is 2.03. The number of nitrogens with zero attached hydrogens (tertiary/aromatic N) is 1. The van der Waals surface area contributed by atoms with Gasteiger partial charge in [-0.25, -0.2) is 4.79 Å². The summed E-state index contributed by atoms with van der Waals surface area (Å²) in [6.07, 6.45) is 0. The molecular formula is C15H23NO3. The first-order valence-corrected chi connectivity index (χ1v) is 6.48. The van der Waals surface area contributed by atoms with Crippen molar-refractivity contribution in [3.8, 4) is 0 Å². The summed E-state index contributed by atoms with van der Waals surface area (Å²) in [6, 6.07) is 7.40. The topological polar surface area (TPSA) is 49.8 Å². The van der Waals surface area contributed by atoms with Gasteiger partial charge < -0.3 is 9.84 Å². The van der Waals surface area contributed by atoms with Gasteiger partial charge in [-0.05, 0) is 32.0 Å². The van der Waals surface area contributed by atoms with Crippen molar-refractivity contribution in [3.05, 3.63) is 35.4 Å². The third kappa shape index (κ3) is 5.01. The average molecular weight is 265 g/mol. The molecule has 4 heteroatoms. The summed E-state index contributed by atoms with van der Waals surface area (Å²) < 4.78 is 4.79. The summed E-state index contributed by atoms with van der Waals surface area (Å²) in [5.41, 5.74) is 0.746. The summed E-state index contributed by atoms with van der Waals surface area (Å²) in [6.45, 7) is 7.57. The second kappa shape index (κ2) is 6.68. The first kappa shape index (κ1) is 15.7. The summed E-state index contributed by atoms with van der Waals surface area (Å²) in [5.74, 6) is -0.324. The normalized spacial score (nSPS) is 11.7. The van der Waals surface area contributed by atoms with E-state index < -0.39 is 5.60 Å². The molecule has 106 valence electrons. The molecule has 1 rings (SSSR count). The number of hydrogen-bond donors (Lipinski definition) is 1. The van der Waals surface area contributed by atoms with Gasteiger partial charge >= 0.3 is 5.97 Å². The van der Waals surface area contributed by atoms with Crippen LogP contribution in [0.3, 0.4) is 0 Å². The minimum Gasteiger partial charge on any atom is -0.465 e. The molecule has 1 N–H and O–H groups in total. The van der Waals surface area contributed by atoms with Crippen molar-refractivity contribution in [2.45, 2.75) is 32.9 Å². The van der Waals surface area contributed by atoms with E-state index in [-0.39, 0.29) is 5.97 Å². The van der Waals surface area contributed by atoms with Crippen LogP contribution in [-0.4, -0.2) is 41.8 Å². The van der Waals surface area contributed by atoms with Crippen LogP contribution < -0.4 is 0 Å². The number of hydrogen-bond acceptors (Lipinski definition) is 4. The summed E-state index contributed by atoms with van der Waals surface area (Å²) in [4.78, 5) is 13.8. The molecule has 0 radical (unpaired) electrons. The van der Waals surface area contributed by atoms with Gasteiger partial charge in [-0.15, -0.1) is 0 Å². The second-order valence-corrected chi connectivity index (χ2v) is 5.26. The summed E-state index contributed by atoms with van der Waals surface area (Å²) >= 11 is 0. The van der Waals surface area contributed by atoms with Gasteiger partial charge in [-0.2, -0.15) is 0 Å². The number of carbonyl (C=O) groups is 1. The molecule has 0 aliphatic carbocycles. The molecule has 0 atom stereocenters. The lowest BCUT2D eigenvalue weighted by molar-refractivity contribution is 0.0351. The molecule has 0 aliphatic heterocycles. The van der Waals surface area contributed by atoms with Crippen LogP contribution in [0.2, 0.25) is 0 Å². The van der Waals surface area contributed by atoms with Gasteiger partial charge in [0.05, 0.1) is 18.3 Å². The van der Waals surface area contributed by atoms with Gasteiger partial charge in [0.1, 0.15) is 0 Å². The Balaban J connectivity index is 2.88. The van der Waals surface area contributed by atoms with Gasteiger partial charge in [-0.3, -0.25) is 4.90 Å². The Kier molecular flexibility index (Phi) is 5.51. The number of ether oxygens (including phenoxy) is 1. The number of carbonyl (C=O) groups excluding carboxylic acids is 1. The molecular weight excluding hydrogens is 242 g/mol. The Morgan fingerprint density at radius 3 is 2.53 bits per heavy atom. The molecule has 0 spiro atoms. The van der Waals surface area contributed by atoms with Crippen molar-refractivity contribution >= 4 is 5.97 Å². The number of rotatable bonds is 6. The lowest BCUT2D eigenvalue weighted by atomic mass is 10.1. The summed E-state index contributed by atoms with van der Waals surface area (Å²) in [7, 11) is 1.38. The molecule has 0 saturated heterocycles. The van der Waals surface area contributed by atoms with Gasteiger partial charge in [0.25, 0.3) is 0 Å². The Morgan fingerprint density at radius 2 is 2.00 bits per heavy atom. The quantitative estimate of drug-likeness (QED) is 0.800. The zero-order valence-corrected chi connectivity index (χ0v) is 12.1. The third-order valence-electron chi connectivity index (χ3n) is 2.87. The average Bonchev–Trinajstić information content (AvgIpc) is 2.36. The van der Waals surface area contributed by atoms with Gasteiger partial charge in [0.2, 0.25) is 0 Å². The van der Waals surface area contributed by atoms with E-state index in [2.05, 4.69) is 4.90 Å². The van der Waals surface area contributed by atoms with Crippen LogP contribution in [0.4, 0.5) is 0 Å². The van der Waals surface area contributed by atoms with E-state index in [0.717, 1.165) is 12.1 Å². The Bertz CT molecular complexity index is 424. The predicted octanol–water partition coefficient (Wildman–Crippen LogP) is 2.07. The van der Waals surface area contributed by atoms with Gasteiger partial charge in [0, 0.05) is 13.1 Å².